The van der Waals surface area contributed by atoms with E-state index in [-0.39, 0.29) is 11.9 Å². The molecule has 0 spiro atoms. The van der Waals surface area contributed by atoms with Crippen LogP contribution in [0.25, 0.3) is 11.0 Å². The monoisotopic (exact) mass is 506 g/mol. The molecule has 0 aliphatic carbocycles. The quantitative estimate of drug-likeness (QED) is 0.219. The second-order valence-corrected chi connectivity index (χ2v) is 10.2. The Labute approximate surface area is 222 Å². The van der Waals surface area contributed by atoms with E-state index in [1.54, 1.807) is 18.0 Å². The van der Waals surface area contributed by atoms with E-state index >= 15 is 0 Å². The molecule has 5 rings (SSSR count). The van der Waals surface area contributed by atoms with Gasteiger partial charge in [-0.05, 0) is 54.7 Å². The topological polar surface area (TPSA) is 59.8 Å². The number of thioether (sulfide) groups is 1. The predicted molar refractivity (Wildman–Crippen MR) is 151 cm³/mol. The lowest BCUT2D eigenvalue weighted by Crippen LogP contribution is -2.32. The predicted octanol–water partition coefficient (Wildman–Crippen LogP) is 6.52. The first-order valence-corrected chi connectivity index (χ1v) is 13.5. The van der Waals surface area contributed by atoms with E-state index in [0.717, 1.165) is 46.9 Å². The summed E-state index contributed by atoms with van der Waals surface area (Å²) in [6.45, 7) is 2.80. The number of hydrogen-bond donors (Lipinski definition) is 1. The molecule has 0 saturated carbocycles. The van der Waals surface area contributed by atoms with Gasteiger partial charge in [0.2, 0.25) is 0 Å². The van der Waals surface area contributed by atoms with Crippen LogP contribution in [-0.2, 0) is 18.7 Å². The van der Waals surface area contributed by atoms with E-state index in [4.69, 9.17) is 4.98 Å². The van der Waals surface area contributed by atoms with E-state index < -0.39 is 0 Å². The minimum Gasteiger partial charge on any atom is -0.350 e. The Balaban J connectivity index is 1.20. The largest absolute Gasteiger partial charge is 0.350 e. The Morgan fingerprint density at radius 1 is 0.892 bits per heavy atom. The summed E-state index contributed by atoms with van der Waals surface area (Å²) < 4.78 is 2.22. The molecule has 1 amide bonds. The average Bonchev–Trinajstić information content (AvgIpc) is 3.29. The van der Waals surface area contributed by atoms with Crippen molar-refractivity contribution in [2.75, 3.05) is 0 Å². The summed E-state index contributed by atoms with van der Waals surface area (Å²) >= 11 is 1.70. The minimum atomic E-state index is -0.0306. The number of aromatic nitrogens is 3. The van der Waals surface area contributed by atoms with Crippen molar-refractivity contribution in [2.45, 2.75) is 43.3 Å². The van der Waals surface area contributed by atoms with Gasteiger partial charge < -0.3 is 9.88 Å². The molecule has 2 aromatic heterocycles. The fourth-order valence-corrected chi connectivity index (χ4v) is 5.25. The molecule has 2 heterocycles. The fourth-order valence-electron chi connectivity index (χ4n) is 4.28. The zero-order chi connectivity index (χ0) is 25.5. The molecule has 0 unspecified atom stereocenters. The Morgan fingerprint density at radius 2 is 1.59 bits per heavy atom. The summed E-state index contributed by atoms with van der Waals surface area (Å²) in [5.41, 5.74) is 6.32. The number of carbonyl (C=O) groups is 1. The molecule has 186 valence electrons. The third-order valence-electron chi connectivity index (χ3n) is 6.37. The number of benzene rings is 3. The highest BCUT2D eigenvalue weighted by molar-refractivity contribution is 7.98. The number of fused-ring (bicyclic) bond motifs is 1. The lowest BCUT2D eigenvalue weighted by molar-refractivity contribution is 0.0938. The number of rotatable bonds is 10. The Bertz CT molecular complexity index is 1450. The van der Waals surface area contributed by atoms with Crippen LogP contribution < -0.4 is 5.32 Å². The first kappa shape index (κ1) is 24.8. The number of hydrogen-bond acceptors (Lipinski definition) is 4. The van der Waals surface area contributed by atoms with Crippen LogP contribution in [0.5, 0.6) is 0 Å². The van der Waals surface area contributed by atoms with Crippen LogP contribution in [0.1, 0.15) is 40.4 Å². The summed E-state index contributed by atoms with van der Waals surface area (Å²) in [6.07, 6.45) is 5.51. The number of aryl methyl sites for hydroxylation is 1. The summed E-state index contributed by atoms with van der Waals surface area (Å²) in [5, 5.41) is 4.09. The Kier molecular flexibility index (Phi) is 7.96. The number of carbonyl (C=O) groups excluding carboxylic acids is 1. The smallest absolute Gasteiger partial charge is 0.251 e. The standard InChI is InChI=1S/C31H30N4OS/c1-23(12-13-24-8-4-2-5-9-24)33-30(36)27-16-14-26(15-17-27)22-37-31-34-28-18-19-32-20-29(28)35(31)21-25-10-6-3-7-11-25/h2-11,14-20,23H,12-13,21-22H2,1H3,(H,33,36)/t23-/m0/s1. The number of nitrogens with one attached hydrogen (secondary N) is 1. The van der Waals surface area contributed by atoms with E-state index in [2.05, 4.69) is 70.3 Å². The number of pyridine rings is 1. The molecule has 1 N–H and O–H groups in total. The van der Waals surface area contributed by atoms with E-state index in [9.17, 15) is 4.79 Å². The highest BCUT2D eigenvalue weighted by Gasteiger charge is 2.13. The molecule has 5 aromatic rings. The van der Waals surface area contributed by atoms with Crippen LogP contribution in [0.15, 0.2) is 109 Å². The van der Waals surface area contributed by atoms with Crippen LogP contribution in [-0.4, -0.2) is 26.5 Å². The van der Waals surface area contributed by atoms with Gasteiger partial charge in [0.1, 0.15) is 0 Å². The molecule has 3 aromatic carbocycles. The molecule has 0 bridgehead atoms. The number of amides is 1. The molecular formula is C31H30N4OS. The molecule has 0 radical (unpaired) electrons. The second-order valence-electron chi connectivity index (χ2n) is 9.21. The fraction of sp³-hybridized carbons (Fsp3) is 0.194. The van der Waals surface area contributed by atoms with Gasteiger partial charge >= 0.3 is 0 Å². The zero-order valence-corrected chi connectivity index (χ0v) is 21.7. The molecule has 1 atom stereocenters. The van der Waals surface area contributed by atoms with Crippen molar-refractivity contribution in [3.63, 3.8) is 0 Å². The second kappa shape index (κ2) is 11.9. The normalized spacial score (nSPS) is 11.9. The van der Waals surface area contributed by atoms with Gasteiger partial charge in [-0.25, -0.2) is 4.98 Å². The maximum Gasteiger partial charge on any atom is 0.251 e. The van der Waals surface area contributed by atoms with Crippen molar-refractivity contribution in [3.8, 4) is 0 Å². The molecule has 0 aliphatic rings. The van der Waals surface area contributed by atoms with Crippen molar-refractivity contribution in [2.24, 2.45) is 0 Å². The van der Waals surface area contributed by atoms with E-state index in [0.29, 0.717) is 5.56 Å². The summed E-state index contributed by atoms with van der Waals surface area (Å²) in [4.78, 5) is 21.9. The van der Waals surface area contributed by atoms with Crippen LogP contribution in [0.3, 0.4) is 0 Å². The van der Waals surface area contributed by atoms with Gasteiger partial charge in [-0.3, -0.25) is 9.78 Å². The summed E-state index contributed by atoms with van der Waals surface area (Å²) in [7, 11) is 0. The van der Waals surface area contributed by atoms with Gasteiger partial charge in [-0.1, -0.05) is 84.6 Å². The first-order chi connectivity index (χ1) is 18.2. The third kappa shape index (κ3) is 6.46. The summed E-state index contributed by atoms with van der Waals surface area (Å²) in [6, 6.07) is 30.7. The Morgan fingerprint density at radius 3 is 2.32 bits per heavy atom. The van der Waals surface area contributed by atoms with Crippen molar-refractivity contribution in [1.29, 1.82) is 0 Å². The van der Waals surface area contributed by atoms with Crippen molar-refractivity contribution < 1.29 is 4.79 Å². The van der Waals surface area contributed by atoms with Gasteiger partial charge in [0, 0.05) is 23.6 Å². The number of imidazole rings is 1. The summed E-state index contributed by atoms with van der Waals surface area (Å²) in [5.74, 6) is 0.734. The van der Waals surface area contributed by atoms with Crippen LogP contribution in [0.2, 0.25) is 0 Å². The molecule has 6 heteroatoms. The van der Waals surface area contributed by atoms with Gasteiger partial charge in [-0.15, -0.1) is 0 Å². The van der Waals surface area contributed by atoms with Crippen molar-refractivity contribution in [1.82, 2.24) is 19.9 Å². The van der Waals surface area contributed by atoms with Crippen LogP contribution in [0.4, 0.5) is 0 Å². The van der Waals surface area contributed by atoms with Crippen LogP contribution in [0, 0.1) is 0 Å². The first-order valence-electron chi connectivity index (χ1n) is 12.6. The lowest BCUT2D eigenvalue weighted by atomic mass is 10.1. The van der Waals surface area contributed by atoms with Crippen molar-refractivity contribution >= 4 is 28.7 Å². The molecule has 0 saturated heterocycles. The highest BCUT2D eigenvalue weighted by atomic mass is 32.2. The highest BCUT2D eigenvalue weighted by Crippen LogP contribution is 2.27. The Hall–Kier alpha value is -3.90. The third-order valence-corrected chi connectivity index (χ3v) is 7.42. The average molecular weight is 507 g/mol. The number of nitrogens with zero attached hydrogens (tertiary/aromatic N) is 3. The lowest BCUT2D eigenvalue weighted by Gasteiger charge is -2.14. The van der Waals surface area contributed by atoms with Crippen LogP contribution >= 0.6 is 11.8 Å². The molecular weight excluding hydrogens is 476 g/mol. The van der Waals surface area contributed by atoms with Gasteiger partial charge in [0.15, 0.2) is 5.16 Å². The van der Waals surface area contributed by atoms with Crippen molar-refractivity contribution in [3.05, 3.63) is 126 Å². The van der Waals surface area contributed by atoms with Gasteiger partial charge in [-0.2, -0.15) is 0 Å². The molecule has 37 heavy (non-hydrogen) atoms. The molecule has 5 nitrogen and oxygen atoms in total. The van der Waals surface area contributed by atoms with Gasteiger partial charge in [0.25, 0.3) is 5.91 Å². The van der Waals surface area contributed by atoms with Gasteiger partial charge in [0.05, 0.1) is 23.8 Å². The maximum absolute atomic E-state index is 12.7. The SMILES string of the molecule is C[C@@H](CCc1ccccc1)NC(=O)c1ccc(CSc2nc3ccncc3n2Cc2ccccc2)cc1. The zero-order valence-electron chi connectivity index (χ0n) is 20.9. The molecule has 0 fully saturated rings. The molecule has 0 aliphatic heterocycles. The van der Waals surface area contributed by atoms with E-state index in [1.165, 1.54) is 11.1 Å². The van der Waals surface area contributed by atoms with E-state index in [1.807, 2.05) is 48.7 Å². The maximum atomic E-state index is 12.7. The minimum absolute atomic E-state index is 0.0306.